The second-order valence-electron chi connectivity index (χ2n) is 7.28. The molecule has 3 aromatic rings. The number of aromatic nitrogens is 2. The van der Waals surface area contributed by atoms with Crippen LogP contribution in [0.15, 0.2) is 57.9 Å². The van der Waals surface area contributed by atoms with Crippen molar-refractivity contribution in [1.29, 1.82) is 0 Å². The van der Waals surface area contributed by atoms with Crippen LogP contribution < -0.4 is 0 Å². The van der Waals surface area contributed by atoms with Gasteiger partial charge in [0.25, 0.3) is 5.69 Å². The van der Waals surface area contributed by atoms with Crippen LogP contribution in [-0.4, -0.2) is 40.9 Å². The van der Waals surface area contributed by atoms with Gasteiger partial charge in [-0.15, -0.1) is 0 Å². The fourth-order valence-corrected chi connectivity index (χ4v) is 5.05. The molecule has 1 aliphatic rings. The van der Waals surface area contributed by atoms with Gasteiger partial charge in [0, 0.05) is 30.8 Å². The van der Waals surface area contributed by atoms with Crippen LogP contribution in [0.3, 0.4) is 0 Å². The lowest BCUT2D eigenvalue weighted by Crippen LogP contribution is -2.39. The summed E-state index contributed by atoms with van der Waals surface area (Å²) in [5.74, 6) is 0.618. The van der Waals surface area contributed by atoms with Crippen LogP contribution in [0.4, 0.5) is 5.69 Å². The molecule has 10 heteroatoms. The van der Waals surface area contributed by atoms with Crippen LogP contribution in [0, 0.1) is 17.0 Å². The topological polar surface area (TPSA) is 119 Å². The maximum atomic E-state index is 13.0. The molecule has 0 amide bonds. The highest BCUT2D eigenvalue weighted by Gasteiger charge is 2.34. The summed E-state index contributed by atoms with van der Waals surface area (Å²) in [4.78, 5) is 14.8. The summed E-state index contributed by atoms with van der Waals surface area (Å²) in [6, 6.07) is 12.8. The van der Waals surface area contributed by atoms with Gasteiger partial charge in [0.05, 0.1) is 15.7 Å². The van der Waals surface area contributed by atoms with Crippen molar-refractivity contribution in [2.45, 2.75) is 30.6 Å². The highest BCUT2D eigenvalue weighted by molar-refractivity contribution is 7.89. The number of nitrogens with zero attached hydrogens (tertiary/aromatic N) is 4. The van der Waals surface area contributed by atoms with Crippen LogP contribution in [0.5, 0.6) is 0 Å². The Morgan fingerprint density at radius 2 is 1.97 bits per heavy atom. The zero-order chi connectivity index (χ0) is 21.3. The van der Waals surface area contributed by atoms with E-state index >= 15 is 0 Å². The Labute approximate surface area is 173 Å². The van der Waals surface area contributed by atoms with Crippen molar-refractivity contribution >= 4 is 15.7 Å². The normalized spacial score (nSPS) is 17.7. The minimum absolute atomic E-state index is 0.0942. The first-order chi connectivity index (χ1) is 14.3. The number of piperidine rings is 1. The average molecular weight is 428 g/mol. The minimum Gasteiger partial charge on any atom is -0.339 e. The van der Waals surface area contributed by atoms with Crippen LogP contribution in [-0.2, 0) is 10.0 Å². The van der Waals surface area contributed by atoms with Crippen molar-refractivity contribution in [2.24, 2.45) is 0 Å². The van der Waals surface area contributed by atoms with Gasteiger partial charge in [-0.25, -0.2) is 8.42 Å². The molecule has 30 heavy (non-hydrogen) atoms. The number of rotatable bonds is 5. The average Bonchev–Trinajstić information content (AvgIpc) is 3.25. The van der Waals surface area contributed by atoms with E-state index in [1.807, 2.05) is 31.2 Å². The van der Waals surface area contributed by atoms with Crippen molar-refractivity contribution in [3.05, 3.63) is 70.1 Å². The maximum Gasteiger partial charge on any atom is 0.270 e. The Morgan fingerprint density at radius 1 is 1.20 bits per heavy atom. The molecule has 1 aliphatic heterocycles. The molecule has 2 aromatic carbocycles. The molecule has 4 rings (SSSR count). The summed E-state index contributed by atoms with van der Waals surface area (Å²) < 4.78 is 32.8. The van der Waals surface area contributed by atoms with Crippen LogP contribution in [0.25, 0.3) is 11.4 Å². The molecule has 1 saturated heterocycles. The third kappa shape index (κ3) is 3.96. The molecule has 1 atom stereocenters. The molecule has 0 bridgehead atoms. The summed E-state index contributed by atoms with van der Waals surface area (Å²) >= 11 is 0. The molecule has 0 saturated carbocycles. The van der Waals surface area contributed by atoms with Gasteiger partial charge in [0.1, 0.15) is 0 Å². The lowest BCUT2D eigenvalue weighted by molar-refractivity contribution is -0.385. The third-order valence-electron chi connectivity index (χ3n) is 5.15. The Kier molecular flexibility index (Phi) is 5.35. The van der Waals surface area contributed by atoms with Crippen molar-refractivity contribution < 1.29 is 17.9 Å². The molecule has 9 nitrogen and oxygen atoms in total. The van der Waals surface area contributed by atoms with Gasteiger partial charge >= 0.3 is 0 Å². The van der Waals surface area contributed by atoms with E-state index in [0.717, 1.165) is 23.6 Å². The van der Waals surface area contributed by atoms with E-state index in [1.165, 1.54) is 22.5 Å². The lowest BCUT2D eigenvalue weighted by atomic mass is 10.00. The van der Waals surface area contributed by atoms with Crippen LogP contribution >= 0.6 is 0 Å². The van der Waals surface area contributed by atoms with Gasteiger partial charge in [0.2, 0.25) is 21.7 Å². The summed E-state index contributed by atoms with van der Waals surface area (Å²) in [5, 5.41) is 15.0. The summed E-state index contributed by atoms with van der Waals surface area (Å²) in [6.07, 6.45) is 1.34. The largest absolute Gasteiger partial charge is 0.339 e. The van der Waals surface area contributed by atoms with Crippen molar-refractivity contribution in [1.82, 2.24) is 14.4 Å². The number of non-ortho nitro benzene ring substituents is 1. The predicted molar refractivity (Wildman–Crippen MR) is 108 cm³/mol. The molecular weight excluding hydrogens is 408 g/mol. The second-order valence-corrected chi connectivity index (χ2v) is 9.22. The first kappa shape index (κ1) is 20.2. The van der Waals surface area contributed by atoms with Crippen LogP contribution in [0.2, 0.25) is 0 Å². The Balaban J connectivity index is 1.55. The second kappa shape index (κ2) is 7.96. The summed E-state index contributed by atoms with van der Waals surface area (Å²) in [6.45, 7) is 2.50. The molecule has 0 radical (unpaired) electrons. The van der Waals surface area contributed by atoms with Crippen molar-refractivity contribution in [3.63, 3.8) is 0 Å². The number of nitro groups is 1. The number of sulfonamides is 1. The van der Waals surface area contributed by atoms with E-state index in [2.05, 4.69) is 10.1 Å². The zero-order valence-electron chi connectivity index (χ0n) is 16.3. The number of aryl methyl sites for hydroxylation is 1. The molecule has 156 valence electrons. The monoisotopic (exact) mass is 428 g/mol. The molecule has 0 spiro atoms. The molecule has 0 aliphatic carbocycles. The quantitative estimate of drug-likeness (QED) is 0.450. The molecule has 1 aromatic heterocycles. The molecule has 2 heterocycles. The third-order valence-corrected chi connectivity index (χ3v) is 7.01. The lowest BCUT2D eigenvalue weighted by Gasteiger charge is -2.30. The van der Waals surface area contributed by atoms with Gasteiger partial charge in [-0.1, -0.05) is 41.1 Å². The van der Waals surface area contributed by atoms with Crippen molar-refractivity contribution in [3.8, 4) is 11.4 Å². The van der Waals surface area contributed by atoms with E-state index in [9.17, 15) is 18.5 Å². The highest BCUT2D eigenvalue weighted by Crippen LogP contribution is 2.31. The fourth-order valence-electron chi connectivity index (χ4n) is 3.49. The summed E-state index contributed by atoms with van der Waals surface area (Å²) in [5.41, 5.74) is 1.69. The molecule has 0 N–H and O–H groups in total. The molecule has 0 unspecified atom stereocenters. The molecular formula is C20H20N4O5S. The van der Waals surface area contributed by atoms with E-state index in [1.54, 1.807) is 0 Å². The van der Waals surface area contributed by atoms with E-state index in [4.69, 9.17) is 4.52 Å². The zero-order valence-corrected chi connectivity index (χ0v) is 17.1. The Hall–Kier alpha value is -3.11. The first-order valence-electron chi connectivity index (χ1n) is 9.50. The van der Waals surface area contributed by atoms with Gasteiger partial charge in [-0.2, -0.15) is 9.29 Å². The fraction of sp³-hybridized carbons (Fsp3) is 0.300. The van der Waals surface area contributed by atoms with Crippen molar-refractivity contribution in [2.75, 3.05) is 13.1 Å². The SMILES string of the molecule is Cc1ccc(-c2noc([C@@H]3CCCN(S(=O)(=O)c4cccc([N+](=O)[O-])c4)C3)n2)cc1. The minimum atomic E-state index is -3.87. The first-order valence-corrected chi connectivity index (χ1v) is 10.9. The maximum absolute atomic E-state index is 13.0. The van der Waals surface area contributed by atoms with Gasteiger partial charge in [0.15, 0.2) is 0 Å². The van der Waals surface area contributed by atoms with E-state index < -0.39 is 14.9 Å². The summed E-state index contributed by atoms with van der Waals surface area (Å²) in [7, 11) is -3.87. The highest BCUT2D eigenvalue weighted by atomic mass is 32.2. The number of hydrogen-bond acceptors (Lipinski definition) is 7. The Morgan fingerprint density at radius 3 is 2.70 bits per heavy atom. The standard InChI is InChI=1S/C20H20N4O5S/c1-14-7-9-15(10-8-14)19-21-20(29-22-19)16-4-3-11-23(13-16)30(27,28)18-6-2-5-17(12-18)24(25)26/h2,5-10,12,16H,3-4,11,13H2,1H3/t16-/m1/s1. The van der Waals surface area contributed by atoms with Crippen LogP contribution in [0.1, 0.15) is 30.2 Å². The van der Waals surface area contributed by atoms with E-state index in [-0.39, 0.29) is 23.0 Å². The number of hydrogen-bond donors (Lipinski definition) is 0. The molecule has 1 fully saturated rings. The Bertz CT molecular complexity index is 1170. The number of nitro benzene ring substituents is 1. The van der Waals surface area contributed by atoms with E-state index in [0.29, 0.717) is 24.7 Å². The number of benzene rings is 2. The van der Waals surface area contributed by atoms with Gasteiger partial charge in [-0.05, 0) is 25.8 Å². The van der Waals surface area contributed by atoms with Gasteiger partial charge in [-0.3, -0.25) is 10.1 Å². The smallest absolute Gasteiger partial charge is 0.270 e. The van der Waals surface area contributed by atoms with Gasteiger partial charge < -0.3 is 4.52 Å². The predicted octanol–water partition coefficient (Wildman–Crippen LogP) is 3.52.